The molecule has 0 fully saturated rings. The van der Waals surface area contributed by atoms with Crippen LogP contribution in [0.25, 0.3) is 0 Å². The molecule has 0 radical (unpaired) electrons. The fourth-order valence-corrected chi connectivity index (χ4v) is 1.83. The predicted octanol–water partition coefficient (Wildman–Crippen LogP) is 2.74. The van der Waals surface area contributed by atoms with Crippen molar-refractivity contribution >= 4 is 5.69 Å². The molecule has 124 valence electrons. The minimum Gasteiger partial charge on any atom is -0.491 e. The molecule has 1 aromatic carbocycles. The molecule has 0 saturated heterocycles. The molecule has 6 heteroatoms. The molecule has 1 aromatic heterocycles. The van der Waals surface area contributed by atoms with E-state index in [4.69, 9.17) is 15.2 Å². The van der Waals surface area contributed by atoms with Gasteiger partial charge in [-0.05, 0) is 39.0 Å². The van der Waals surface area contributed by atoms with Gasteiger partial charge >= 0.3 is 0 Å². The third kappa shape index (κ3) is 5.43. The van der Waals surface area contributed by atoms with E-state index in [1.165, 1.54) is 0 Å². The molecule has 0 bridgehead atoms. The normalized spacial score (nSPS) is 13.5. The molecule has 1 unspecified atom stereocenters. The van der Waals surface area contributed by atoms with Gasteiger partial charge in [0.1, 0.15) is 17.7 Å². The minimum atomic E-state index is -0.826. The summed E-state index contributed by atoms with van der Waals surface area (Å²) in [4.78, 5) is 4.20. The van der Waals surface area contributed by atoms with E-state index in [-0.39, 0.29) is 12.1 Å². The van der Waals surface area contributed by atoms with Gasteiger partial charge in [0.25, 0.3) is 0 Å². The largest absolute Gasteiger partial charge is 0.491 e. The van der Waals surface area contributed by atoms with Crippen molar-refractivity contribution in [1.29, 1.82) is 0 Å². The summed E-state index contributed by atoms with van der Waals surface area (Å²) in [5.74, 6) is 1.84. The van der Waals surface area contributed by atoms with Gasteiger partial charge < -0.3 is 25.6 Å². The summed E-state index contributed by atoms with van der Waals surface area (Å²) >= 11 is 0. The Hall–Kier alpha value is -2.31. The highest BCUT2D eigenvalue weighted by atomic mass is 16.5. The monoisotopic (exact) mass is 317 g/mol. The zero-order valence-electron chi connectivity index (χ0n) is 13.6. The van der Waals surface area contributed by atoms with Crippen molar-refractivity contribution in [2.24, 2.45) is 5.73 Å². The van der Waals surface area contributed by atoms with E-state index in [1.54, 1.807) is 25.3 Å². The lowest BCUT2D eigenvalue weighted by atomic mass is 10.3. The Labute approximate surface area is 136 Å². The van der Waals surface area contributed by atoms with E-state index < -0.39 is 6.23 Å². The van der Waals surface area contributed by atoms with E-state index in [0.29, 0.717) is 17.3 Å². The molecule has 2 aromatic rings. The topological polar surface area (TPSA) is 89.6 Å². The lowest BCUT2D eigenvalue weighted by Gasteiger charge is -2.17. The molecule has 2 rings (SSSR count). The number of nitrogens with one attached hydrogen (secondary N) is 1. The molecule has 0 spiro atoms. The highest BCUT2D eigenvalue weighted by Gasteiger charge is 2.09. The maximum atomic E-state index is 9.68. The van der Waals surface area contributed by atoms with Crippen LogP contribution in [0.4, 0.5) is 5.69 Å². The Morgan fingerprint density at radius 2 is 1.87 bits per heavy atom. The number of anilines is 1. The van der Waals surface area contributed by atoms with Gasteiger partial charge in [-0.1, -0.05) is 6.07 Å². The van der Waals surface area contributed by atoms with Gasteiger partial charge in [-0.2, -0.15) is 0 Å². The second-order valence-electron chi connectivity index (χ2n) is 5.58. The molecule has 1 heterocycles. The van der Waals surface area contributed by atoms with Crippen LogP contribution in [0.5, 0.6) is 17.4 Å². The van der Waals surface area contributed by atoms with Crippen LogP contribution in [-0.4, -0.2) is 28.5 Å². The summed E-state index contributed by atoms with van der Waals surface area (Å²) in [5.41, 5.74) is 6.26. The third-order valence-electron chi connectivity index (χ3n) is 2.95. The van der Waals surface area contributed by atoms with Crippen molar-refractivity contribution < 1.29 is 14.6 Å². The molecule has 0 aliphatic carbocycles. The van der Waals surface area contributed by atoms with Gasteiger partial charge in [-0.3, -0.25) is 0 Å². The number of aromatic nitrogens is 1. The van der Waals surface area contributed by atoms with E-state index >= 15 is 0 Å². The molecule has 0 aliphatic heterocycles. The van der Waals surface area contributed by atoms with Crippen molar-refractivity contribution in [1.82, 2.24) is 4.98 Å². The van der Waals surface area contributed by atoms with Gasteiger partial charge in [0, 0.05) is 18.2 Å². The molecule has 0 aliphatic rings. The molecule has 0 saturated carbocycles. The number of hydrogen-bond acceptors (Lipinski definition) is 6. The average Bonchev–Trinajstić information content (AvgIpc) is 2.49. The van der Waals surface area contributed by atoms with Crippen LogP contribution in [0.3, 0.4) is 0 Å². The van der Waals surface area contributed by atoms with Crippen LogP contribution < -0.4 is 20.5 Å². The van der Waals surface area contributed by atoms with Crippen LogP contribution in [0.2, 0.25) is 0 Å². The number of hydrogen-bond donors (Lipinski definition) is 3. The summed E-state index contributed by atoms with van der Waals surface area (Å²) in [5, 5.41) is 12.5. The summed E-state index contributed by atoms with van der Waals surface area (Å²) in [6.07, 6.45) is 0.855. The molecule has 0 amide bonds. The molecule has 2 atom stereocenters. The lowest BCUT2D eigenvalue weighted by Crippen LogP contribution is -2.37. The highest BCUT2D eigenvalue weighted by Crippen LogP contribution is 2.25. The fraction of sp³-hybridized carbons (Fsp3) is 0.353. The number of aliphatic hydroxyl groups is 1. The van der Waals surface area contributed by atoms with Gasteiger partial charge in [0.15, 0.2) is 0 Å². The molecule has 23 heavy (non-hydrogen) atoms. The van der Waals surface area contributed by atoms with Gasteiger partial charge in [0.2, 0.25) is 5.88 Å². The molecule has 4 N–H and O–H groups in total. The van der Waals surface area contributed by atoms with E-state index in [9.17, 15) is 5.11 Å². The lowest BCUT2D eigenvalue weighted by molar-refractivity contribution is 0.179. The van der Waals surface area contributed by atoms with Crippen LogP contribution in [0, 0.1) is 0 Å². The average molecular weight is 317 g/mol. The third-order valence-corrected chi connectivity index (χ3v) is 2.95. The zero-order chi connectivity index (χ0) is 16.8. The second kappa shape index (κ2) is 7.80. The fourth-order valence-electron chi connectivity index (χ4n) is 1.83. The highest BCUT2D eigenvalue weighted by molar-refractivity contribution is 5.43. The number of benzene rings is 1. The van der Waals surface area contributed by atoms with Crippen LogP contribution in [0.1, 0.15) is 20.8 Å². The molecular formula is C17H23N3O3. The molecular weight excluding hydrogens is 294 g/mol. The van der Waals surface area contributed by atoms with E-state index in [2.05, 4.69) is 10.3 Å². The summed E-state index contributed by atoms with van der Waals surface area (Å²) in [6.45, 7) is 5.66. The maximum Gasteiger partial charge on any atom is 0.219 e. The first-order valence-electron chi connectivity index (χ1n) is 7.55. The Kier molecular flexibility index (Phi) is 5.78. The van der Waals surface area contributed by atoms with E-state index in [1.807, 2.05) is 38.1 Å². The zero-order valence-corrected chi connectivity index (χ0v) is 13.6. The first kappa shape index (κ1) is 17.1. The van der Waals surface area contributed by atoms with Gasteiger partial charge in [-0.25, -0.2) is 4.98 Å². The quantitative estimate of drug-likeness (QED) is 0.680. The van der Waals surface area contributed by atoms with E-state index in [0.717, 1.165) is 5.75 Å². The number of nitrogens with two attached hydrogens (primary N) is 1. The second-order valence-corrected chi connectivity index (χ2v) is 5.58. The standard InChI is InChI=1S/C17H23N3O3/c1-11(2)22-14-5-4-6-15(9-14)23-16-8-7-13(10-19-16)20-17(21)12(3)18/h4-12,17,20-21H,18H2,1-3H3/t12-,17?/m1/s1. The Morgan fingerprint density at radius 1 is 1.13 bits per heavy atom. The SMILES string of the molecule is CC(C)Oc1cccc(Oc2ccc(NC(O)[C@@H](C)N)cn2)c1. The van der Waals surface area contributed by atoms with Crippen molar-refractivity contribution in [3.05, 3.63) is 42.6 Å². The van der Waals surface area contributed by atoms with Gasteiger partial charge in [-0.15, -0.1) is 0 Å². The van der Waals surface area contributed by atoms with Crippen LogP contribution in [0.15, 0.2) is 42.6 Å². The smallest absolute Gasteiger partial charge is 0.219 e. The minimum absolute atomic E-state index is 0.102. The number of aliphatic hydroxyl groups excluding tert-OH is 1. The maximum absolute atomic E-state index is 9.68. The Balaban J connectivity index is 2.00. The summed E-state index contributed by atoms with van der Waals surface area (Å²) in [6, 6.07) is 10.5. The Morgan fingerprint density at radius 3 is 2.48 bits per heavy atom. The summed E-state index contributed by atoms with van der Waals surface area (Å²) < 4.78 is 11.3. The van der Waals surface area contributed by atoms with Crippen LogP contribution >= 0.6 is 0 Å². The predicted molar refractivity (Wildman–Crippen MR) is 89.8 cm³/mol. The summed E-state index contributed by atoms with van der Waals surface area (Å²) in [7, 11) is 0. The van der Waals surface area contributed by atoms with Crippen molar-refractivity contribution in [3.8, 4) is 17.4 Å². The van der Waals surface area contributed by atoms with Gasteiger partial charge in [0.05, 0.1) is 18.0 Å². The van der Waals surface area contributed by atoms with Crippen LogP contribution in [-0.2, 0) is 0 Å². The van der Waals surface area contributed by atoms with Crippen molar-refractivity contribution in [2.75, 3.05) is 5.32 Å². The number of pyridine rings is 1. The Bertz CT molecular complexity index is 615. The molecule has 6 nitrogen and oxygen atoms in total. The van der Waals surface area contributed by atoms with Crippen molar-refractivity contribution in [3.63, 3.8) is 0 Å². The first-order valence-corrected chi connectivity index (χ1v) is 7.55. The first-order chi connectivity index (χ1) is 10.9. The van der Waals surface area contributed by atoms with Crippen molar-refractivity contribution in [2.45, 2.75) is 39.1 Å². The number of nitrogens with zero attached hydrogens (tertiary/aromatic N) is 1. The number of ether oxygens (including phenoxy) is 2. The number of rotatable bonds is 7.